The van der Waals surface area contributed by atoms with E-state index in [2.05, 4.69) is 5.32 Å². The molecule has 1 aromatic carbocycles. The molecule has 102 valence electrons. The van der Waals surface area contributed by atoms with Gasteiger partial charge in [0.1, 0.15) is 5.82 Å². The van der Waals surface area contributed by atoms with E-state index in [0.717, 1.165) is 21.0 Å². The average Bonchev–Trinajstić information content (AvgIpc) is 2.72. The molecular formula is C14H14Cl2FNS. The van der Waals surface area contributed by atoms with E-state index in [1.807, 2.05) is 25.4 Å². The van der Waals surface area contributed by atoms with Gasteiger partial charge in [-0.3, -0.25) is 0 Å². The SMILES string of the molecule is CNC(Cc1ccc(Cl)c(F)c1)c1scc(C)c1Cl. The number of likely N-dealkylation sites (N-methyl/N-ethyl adjacent to an activating group) is 1. The predicted octanol–water partition coefficient (Wildman–Crippen LogP) is 5.01. The monoisotopic (exact) mass is 317 g/mol. The van der Waals surface area contributed by atoms with E-state index >= 15 is 0 Å². The quantitative estimate of drug-likeness (QED) is 0.836. The second kappa shape index (κ2) is 6.23. The minimum atomic E-state index is -0.387. The van der Waals surface area contributed by atoms with Gasteiger partial charge in [0.05, 0.1) is 10.0 Å². The molecule has 0 saturated carbocycles. The molecule has 1 aromatic heterocycles. The summed E-state index contributed by atoms with van der Waals surface area (Å²) >= 11 is 13.6. The van der Waals surface area contributed by atoms with Crippen molar-refractivity contribution in [2.45, 2.75) is 19.4 Å². The third-order valence-electron chi connectivity index (χ3n) is 3.01. The van der Waals surface area contributed by atoms with Crippen LogP contribution in [0.15, 0.2) is 23.6 Å². The van der Waals surface area contributed by atoms with Crippen molar-refractivity contribution in [3.8, 4) is 0 Å². The zero-order valence-electron chi connectivity index (χ0n) is 10.6. The van der Waals surface area contributed by atoms with Crippen LogP contribution in [0, 0.1) is 12.7 Å². The average molecular weight is 318 g/mol. The van der Waals surface area contributed by atoms with E-state index < -0.39 is 0 Å². The Morgan fingerprint density at radius 1 is 1.37 bits per heavy atom. The summed E-state index contributed by atoms with van der Waals surface area (Å²) in [5, 5.41) is 6.20. The normalized spacial score (nSPS) is 12.7. The molecule has 2 aromatic rings. The number of aryl methyl sites for hydroxylation is 1. The van der Waals surface area contributed by atoms with Gasteiger partial charge in [0.2, 0.25) is 0 Å². The van der Waals surface area contributed by atoms with Crippen molar-refractivity contribution in [1.82, 2.24) is 5.32 Å². The number of hydrogen-bond donors (Lipinski definition) is 1. The summed E-state index contributed by atoms with van der Waals surface area (Å²) in [7, 11) is 1.88. The Hall–Kier alpha value is -0.610. The van der Waals surface area contributed by atoms with E-state index in [0.29, 0.717) is 6.42 Å². The lowest BCUT2D eigenvalue weighted by molar-refractivity contribution is 0.592. The van der Waals surface area contributed by atoms with Gasteiger partial charge in [-0.2, -0.15) is 0 Å². The van der Waals surface area contributed by atoms with Crippen LogP contribution in [0.5, 0.6) is 0 Å². The number of benzene rings is 1. The van der Waals surface area contributed by atoms with Gasteiger partial charge in [-0.25, -0.2) is 4.39 Å². The summed E-state index contributed by atoms with van der Waals surface area (Å²) in [6.07, 6.45) is 0.671. The van der Waals surface area contributed by atoms with E-state index in [1.165, 1.54) is 6.07 Å². The van der Waals surface area contributed by atoms with Gasteiger partial charge in [0.25, 0.3) is 0 Å². The van der Waals surface area contributed by atoms with Gasteiger partial charge in [-0.05, 0) is 49.0 Å². The molecule has 0 radical (unpaired) electrons. The summed E-state index contributed by atoms with van der Waals surface area (Å²) in [5.74, 6) is -0.387. The van der Waals surface area contributed by atoms with Crippen LogP contribution in [0.3, 0.4) is 0 Å². The van der Waals surface area contributed by atoms with Crippen LogP contribution in [0.1, 0.15) is 22.0 Å². The molecule has 1 N–H and O–H groups in total. The summed E-state index contributed by atoms with van der Waals surface area (Å²) < 4.78 is 13.4. The lowest BCUT2D eigenvalue weighted by Gasteiger charge is -2.15. The van der Waals surface area contributed by atoms with Gasteiger partial charge in [0.15, 0.2) is 0 Å². The molecule has 0 saturated heterocycles. The maximum absolute atomic E-state index is 13.4. The highest BCUT2D eigenvalue weighted by Crippen LogP contribution is 2.34. The second-order valence-corrected chi connectivity index (χ2v) is 6.09. The standard InChI is InChI=1S/C14H14Cl2FNS/c1-8-7-19-14(13(8)16)12(18-2)6-9-3-4-10(15)11(17)5-9/h3-5,7,12,18H,6H2,1-2H3. The summed E-state index contributed by atoms with van der Waals surface area (Å²) in [5.41, 5.74) is 1.97. The first-order chi connectivity index (χ1) is 9.02. The molecule has 0 aliphatic heterocycles. The van der Waals surface area contributed by atoms with Crippen LogP contribution in [-0.2, 0) is 6.42 Å². The molecule has 0 spiro atoms. The molecule has 0 aliphatic rings. The molecule has 1 unspecified atom stereocenters. The Morgan fingerprint density at radius 3 is 2.63 bits per heavy atom. The number of halogens is 3. The number of rotatable bonds is 4. The fourth-order valence-corrected chi connectivity index (χ4v) is 3.47. The van der Waals surface area contributed by atoms with Gasteiger partial charge < -0.3 is 5.32 Å². The number of hydrogen-bond acceptors (Lipinski definition) is 2. The molecule has 0 amide bonds. The zero-order valence-corrected chi connectivity index (χ0v) is 13.0. The van der Waals surface area contributed by atoms with Gasteiger partial charge >= 0.3 is 0 Å². The molecule has 5 heteroatoms. The minimum Gasteiger partial charge on any atom is -0.312 e. The third-order valence-corrected chi connectivity index (χ3v) is 5.15. The van der Waals surface area contributed by atoms with Crippen molar-refractivity contribution < 1.29 is 4.39 Å². The van der Waals surface area contributed by atoms with E-state index in [4.69, 9.17) is 23.2 Å². The highest BCUT2D eigenvalue weighted by molar-refractivity contribution is 7.10. The van der Waals surface area contributed by atoms with Crippen LogP contribution in [0.4, 0.5) is 4.39 Å². The number of thiophene rings is 1. The molecule has 0 fully saturated rings. The Morgan fingerprint density at radius 2 is 2.11 bits per heavy atom. The molecule has 1 atom stereocenters. The van der Waals surface area contributed by atoms with Crippen molar-refractivity contribution >= 4 is 34.5 Å². The molecule has 0 bridgehead atoms. The first-order valence-electron chi connectivity index (χ1n) is 5.87. The van der Waals surface area contributed by atoms with Crippen molar-refractivity contribution in [3.63, 3.8) is 0 Å². The van der Waals surface area contributed by atoms with Crippen LogP contribution in [0.25, 0.3) is 0 Å². The Kier molecular flexibility index (Phi) is 4.85. The predicted molar refractivity (Wildman–Crippen MR) is 81.0 cm³/mol. The number of nitrogens with one attached hydrogen (secondary N) is 1. The van der Waals surface area contributed by atoms with Crippen LogP contribution < -0.4 is 5.32 Å². The van der Waals surface area contributed by atoms with E-state index in [-0.39, 0.29) is 16.9 Å². The molecule has 19 heavy (non-hydrogen) atoms. The highest BCUT2D eigenvalue weighted by Gasteiger charge is 2.17. The largest absolute Gasteiger partial charge is 0.312 e. The molecule has 1 heterocycles. The first kappa shape index (κ1) is 14.8. The van der Waals surface area contributed by atoms with E-state index in [1.54, 1.807) is 17.4 Å². The van der Waals surface area contributed by atoms with Crippen molar-refractivity contribution in [1.29, 1.82) is 0 Å². The fraction of sp³-hybridized carbons (Fsp3) is 0.286. The maximum atomic E-state index is 13.4. The lowest BCUT2D eigenvalue weighted by Crippen LogP contribution is -2.18. The van der Waals surface area contributed by atoms with Crippen LogP contribution in [0.2, 0.25) is 10.0 Å². The lowest BCUT2D eigenvalue weighted by atomic mass is 10.0. The summed E-state index contributed by atoms with van der Waals surface area (Å²) in [6, 6.07) is 4.97. The molecule has 0 aliphatic carbocycles. The second-order valence-electron chi connectivity index (χ2n) is 4.39. The van der Waals surface area contributed by atoms with E-state index in [9.17, 15) is 4.39 Å². The van der Waals surface area contributed by atoms with Gasteiger partial charge in [-0.15, -0.1) is 11.3 Å². The zero-order chi connectivity index (χ0) is 14.0. The Balaban J connectivity index is 2.24. The van der Waals surface area contributed by atoms with Crippen molar-refractivity contribution in [2.75, 3.05) is 7.05 Å². The van der Waals surface area contributed by atoms with Gasteiger partial charge in [0, 0.05) is 10.9 Å². The maximum Gasteiger partial charge on any atom is 0.142 e. The summed E-state index contributed by atoms with van der Waals surface area (Å²) in [4.78, 5) is 1.08. The topological polar surface area (TPSA) is 12.0 Å². The van der Waals surface area contributed by atoms with Crippen molar-refractivity contribution in [3.05, 3.63) is 55.4 Å². The smallest absolute Gasteiger partial charge is 0.142 e. The molecule has 1 nitrogen and oxygen atoms in total. The van der Waals surface area contributed by atoms with Gasteiger partial charge in [-0.1, -0.05) is 29.3 Å². The molecule has 2 rings (SSSR count). The Bertz CT molecular complexity index is 583. The highest BCUT2D eigenvalue weighted by atomic mass is 35.5. The fourth-order valence-electron chi connectivity index (χ4n) is 1.91. The molecular weight excluding hydrogens is 304 g/mol. The van der Waals surface area contributed by atoms with Crippen LogP contribution >= 0.6 is 34.5 Å². The van der Waals surface area contributed by atoms with Crippen LogP contribution in [-0.4, -0.2) is 7.05 Å². The summed E-state index contributed by atoms with van der Waals surface area (Å²) in [6.45, 7) is 1.98. The first-order valence-corrected chi connectivity index (χ1v) is 7.51. The Labute approximate surface area is 126 Å². The minimum absolute atomic E-state index is 0.0757. The third kappa shape index (κ3) is 3.29. The van der Waals surface area contributed by atoms with Crippen molar-refractivity contribution in [2.24, 2.45) is 0 Å².